The predicted octanol–water partition coefficient (Wildman–Crippen LogP) is -0.279. The van der Waals surface area contributed by atoms with Crippen LogP contribution in [0.3, 0.4) is 0 Å². The Kier molecular flexibility index (Phi) is 4.89. The molecule has 0 aromatic heterocycles. The molecule has 6 nitrogen and oxygen atoms in total. The molecule has 0 aromatic carbocycles. The summed E-state index contributed by atoms with van der Waals surface area (Å²) in [5.41, 5.74) is 5.05. The van der Waals surface area contributed by atoms with E-state index >= 15 is 0 Å². The molecule has 0 aliphatic heterocycles. The van der Waals surface area contributed by atoms with Crippen molar-refractivity contribution < 1.29 is 19.4 Å². The Bertz CT molecular complexity index is 284. The fraction of sp³-hybridized carbons (Fsp3) is 0.818. The molecule has 17 heavy (non-hydrogen) atoms. The molecule has 1 fully saturated rings. The number of carbonyl (C=O) groups is 2. The number of nitrogens with two attached hydrogens (primary N) is 1. The number of carbonyl (C=O) groups excluding carboxylic acids is 1. The van der Waals surface area contributed by atoms with Crippen molar-refractivity contribution in [2.75, 3.05) is 20.3 Å². The van der Waals surface area contributed by atoms with E-state index in [1.807, 2.05) is 0 Å². The summed E-state index contributed by atoms with van der Waals surface area (Å²) < 4.78 is 4.82. The van der Waals surface area contributed by atoms with Gasteiger partial charge in [-0.05, 0) is 12.8 Å². The predicted molar refractivity (Wildman–Crippen MR) is 61.4 cm³/mol. The van der Waals surface area contributed by atoms with E-state index in [-0.39, 0.29) is 18.9 Å². The van der Waals surface area contributed by atoms with Crippen LogP contribution in [0, 0.1) is 5.41 Å². The molecule has 0 saturated heterocycles. The summed E-state index contributed by atoms with van der Waals surface area (Å²) in [4.78, 5) is 22.9. The van der Waals surface area contributed by atoms with Crippen molar-refractivity contribution in [2.45, 2.75) is 31.7 Å². The Morgan fingerprint density at radius 3 is 2.53 bits per heavy atom. The van der Waals surface area contributed by atoms with Gasteiger partial charge in [0.05, 0.1) is 5.41 Å². The second-order valence-corrected chi connectivity index (χ2v) is 4.48. The largest absolute Gasteiger partial charge is 0.480 e. The Morgan fingerprint density at radius 1 is 1.53 bits per heavy atom. The van der Waals surface area contributed by atoms with Crippen LogP contribution in [0.15, 0.2) is 0 Å². The van der Waals surface area contributed by atoms with Gasteiger partial charge >= 0.3 is 5.97 Å². The van der Waals surface area contributed by atoms with E-state index in [0.717, 1.165) is 19.3 Å². The van der Waals surface area contributed by atoms with E-state index in [2.05, 4.69) is 5.32 Å². The SMILES string of the molecule is COCCC(NC(=O)C1(CN)CCC1)C(=O)O. The van der Waals surface area contributed by atoms with Crippen LogP contribution in [0.2, 0.25) is 0 Å². The zero-order chi connectivity index (χ0) is 12.9. The first kappa shape index (κ1) is 13.9. The maximum Gasteiger partial charge on any atom is 0.326 e. The zero-order valence-electron chi connectivity index (χ0n) is 10.1. The normalized spacial score (nSPS) is 19.2. The third-order valence-corrected chi connectivity index (χ3v) is 3.40. The van der Waals surface area contributed by atoms with Crippen molar-refractivity contribution in [3.05, 3.63) is 0 Å². The first-order chi connectivity index (χ1) is 8.05. The van der Waals surface area contributed by atoms with Crippen LogP contribution >= 0.6 is 0 Å². The number of rotatable bonds is 7. The molecule has 1 atom stereocenters. The van der Waals surface area contributed by atoms with Crippen LogP contribution < -0.4 is 11.1 Å². The van der Waals surface area contributed by atoms with Crippen LogP contribution in [0.1, 0.15) is 25.7 Å². The molecule has 1 unspecified atom stereocenters. The molecule has 98 valence electrons. The topological polar surface area (TPSA) is 102 Å². The number of aliphatic carboxylic acids is 1. The Balaban J connectivity index is 2.54. The lowest BCUT2D eigenvalue weighted by molar-refractivity contribution is -0.146. The summed E-state index contributed by atoms with van der Waals surface area (Å²) in [5, 5.41) is 11.5. The summed E-state index contributed by atoms with van der Waals surface area (Å²) in [6, 6.07) is -0.897. The average molecular weight is 244 g/mol. The molecule has 0 heterocycles. The number of carboxylic acid groups (broad SMARTS) is 1. The number of carboxylic acids is 1. The summed E-state index contributed by atoms with van der Waals surface area (Å²) in [7, 11) is 1.49. The fourth-order valence-corrected chi connectivity index (χ4v) is 1.93. The first-order valence-corrected chi connectivity index (χ1v) is 5.78. The van der Waals surface area contributed by atoms with Crippen molar-refractivity contribution in [1.82, 2.24) is 5.32 Å². The van der Waals surface area contributed by atoms with Crippen LogP contribution in [-0.4, -0.2) is 43.3 Å². The summed E-state index contributed by atoms with van der Waals surface area (Å²) >= 11 is 0. The second kappa shape index (κ2) is 5.97. The minimum absolute atomic E-state index is 0.241. The lowest BCUT2D eigenvalue weighted by atomic mass is 9.68. The highest BCUT2D eigenvalue weighted by Gasteiger charge is 2.43. The van der Waals surface area contributed by atoms with Crippen LogP contribution in [-0.2, 0) is 14.3 Å². The molecule has 1 amide bonds. The van der Waals surface area contributed by atoms with Crippen molar-refractivity contribution >= 4 is 11.9 Å². The molecule has 6 heteroatoms. The quantitative estimate of drug-likeness (QED) is 0.571. The smallest absolute Gasteiger partial charge is 0.326 e. The Hall–Kier alpha value is -1.14. The van der Waals surface area contributed by atoms with E-state index in [1.165, 1.54) is 7.11 Å². The molecule has 0 spiro atoms. The Morgan fingerprint density at radius 2 is 2.18 bits per heavy atom. The molecular formula is C11H20N2O4. The molecule has 1 aliphatic rings. The summed E-state index contributed by atoms with van der Waals surface area (Å²) in [6.45, 7) is 0.572. The highest BCUT2D eigenvalue weighted by atomic mass is 16.5. The molecule has 0 radical (unpaired) electrons. The van der Waals surface area contributed by atoms with Gasteiger partial charge in [0, 0.05) is 26.7 Å². The van der Waals surface area contributed by atoms with E-state index in [1.54, 1.807) is 0 Å². The van der Waals surface area contributed by atoms with Crippen molar-refractivity contribution in [2.24, 2.45) is 11.1 Å². The second-order valence-electron chi connectivity index (χ2n) is 4.48. The van der Waals surface area contributed by atoms with E-state index in [0.29, 0.717) is 6.61 Å². The fourth-order valence-electron chi connectivity index (χ4n) is 1.93. The number of methoxy groups -OCH3 is 1. The lowest BCUT2D eigenvalue weighted by Gasteiger charge is -2.39. The molecule has 4 N–H and O–H groups in total. The minimum Gasteiger partial charge on any atom is -0.480 e. The van der Waals surface area contributed by atoms with E-state index in [4.69, 9.17) is 15.6 Å². The van der Waals surface area contributed by atoms with Crippen LogP contribution in [0.5, 0.6) is 0 Å². The van der Waals surface area contributed by atoms with Gasteiger partial charge in [0.15, 0.2) is 0 Å². The van der Waals surface area contributed by atoms with Gasteiger partial charge < -0.3 is 20.9 Å². The van der Waals surface area contributed by atoms with Gasteiger partial charge in [0.2, 0.25) is 5.91 Å². The maximum atomic E-state index is 12.0. The molecule has 1 saturated carbocycles. The van der Waals surface area contributed by atoms with Gasteiger partial charge in [0.25, 0.3) is 0 Å². The highest BCUT2D eigenvalue weighted by Crippen LogP contribution is 2.40. The number of hydrogen-bond acceptors (Lipinski definition) is 4. The third-order valence-electron chi connectivity index (χ3n) is 3.40. The number of hydrogen-bond donors (Lipinski definition) is 3. The molecule has 1 aliphatic carbocycles. The highest BCUT2D eigenvalue weighted by molar-refractivity contribution is 5.88. The number of amides is 1. The van der Waals surface area contributed by atoms with Gasteiger partial charge in [-0.3, -0.25) is 4.79 Å². The third kappa shape index (κ3) is 3.17. The van der Waals surface area contributed by atoms with Gasteiger partial charge in [-0.2, -0.15) is 0 Å². The summed E-state index contributed by atoms with van der Waals surface area (Å²) in [5.74, 6) is -1.28. The van der Waals surface area contributed by atoms with E-state index in [9.17, 15) is 9.59 Å². The number of nitrogens with one attached hydrogen (secondary N) is 1. The van der Waals surface area contributed by atoms with Crippen molar-refractivity contribution in [3.8, 4) is 0 Å². The van der Waals surface area contributed by atoms with E-state index < -0.39 is 17.4 Å². The molecule has 0 aromatic rings. The zero-order valence-corrected chi connectivity index (χ0v) is 10.1. The van der Waals surface area contributed by atoms with Crippen LogP contribution in [0.25, 0.3) is 0 Å². The van der Waals surface area contributed by atoms with Gasteiger partial charge in [-0.25, -0.2) is 4.79 Å². The van der Waals surface area contributed by atoms with Crippen molar-refractivity contribution in [3.63, 3.8) is 0 Å². The molecule has 0 bridgehead atoms. The molecular weight excluding hydrogens is 224 g/mol. The van der Waals surface area contributed by atoms with Crippen LogP contribution in [0.4, 0.5) is 0 Å². The molecule has 1 rings (SSSR count). The first-order valence-electron chi connectivity index (χ1n) is 5.78. The summed E-state index contributed by atoms with van der Waals surface area (Å²) in [6.07, 6.45) is 2.72. The van der Waals surface area contributed by atoms with Gasteiger partial charge in [0.1, 0.15) is 6.04 Å². The maximum absolute atomic E-state index is 12.0. The standard InChI is InChI=1S/C11H20N2O4/c1-17-6-3-8(9(14)15)13-10(16)11(7-12)4-2-5-11/h8H,2-7,12H2,1H3,(H,13,16)(H,14,15). The Labute approximate surface area is 101 Å². The minimum atomic E-state index is -1.04. The number of ether oxygens (including phenoxy) is 1. The lowest BCUT2D eigenvalue weighted by Crippen LogP contribution is -2.54. The van der Waals surface area contributed by atoms with Gasteiger partial charge in [-0.1, -0.05) is 6.42 Å². The van der Waals surface area contributed by atoms with Gasteiger partial charge in [-0.15, -0.1) is 0 Å². The monoisotopic (exact) mass is 244 g/mol. The van der Waals surface area contributed by atoms with Crippen molar-refractivity contribution in [1.29, 1.82) is 0 Å². The average Bonchev–Trinajstić information content (AvgIpc) is 2.23.